The molecule has 1 amide bonds. The summed E-state index contributed by atoms with van der Waals surface area (Å²) >= 11 is 0. The number of nitrogens with zero attached hydrogens (tertiary/aromatic N) is 4. The number of benzene rings is 1. The van der Waals surface area contributed by atoms with Crippen LogP contribution in [0.5, 0.6) is 0 Å². The van der Waals surface area contributed by atoms with Gasteiger partial charge < -0.3 is 15.1 Å². The third-order valence-corrected chi connectivity index (χ3v) is 5.78. The number of likely N-dealkylation sites (tertiary alicyclic amines) is 1. The summed E-state index contributed by atoms with van der Waals surface area (Å²) in [6.07, 6.45) is 2.38. The highest BCUT2D eigenvalue weighted by atomic mass is 16.2. The van der Waals surface area contributed by atoms with E-state index in [9.17, 15) is 4.79 Å². The van der Waals surface area contributed by atoms with Gasteiger partial charge in [-0.3, -0.25) is 14.7 Å². The summed E-state index contributed by atoms with van der Waals surface area (Å²) in [6.45, 7) is 12.2. The van der Waals surface area contributed by atoms with Crippen LogP contribution in [0.3, 0.4) is 0 Å². The summed E-state index contributed by atoms with van der Waals surface area (Å²) in [4.78, 5) is 23.1. The molecule has 2 aliphatic heterocycles. The Bertz CT molecular complexity index is 640. The number of amides is 1. The molecule has 1 unspecified atom stereocenters. The van der Waals surface area contributed by atoms with Gasteiger partial charge in [-0.1, -0.05) is 30.3 Å². The highest BCUT2D eigenvalue weighted by molar-refractivity contribution is 5.80. The lowest BCUT2D eigenvalue weighted by atomic mass is 9.99. The molecule has 1 aromatic carbocycles. The Morgan fingerprint density at radius 1 is 1.11 bits per heavy atom. The van der Waals surface area contributed by atoms with Crippen molar-refractivity contribution in [3.05, 3.63) is 35.9 Å². The van der Waals surface area contributed by atoms with E-state index in [1.54, 1.807) is 6.92 Å². The molecule has 1 aromatic rings. The van der Waals surface area contributed by atoms with Crippen LogP contribution < -0.4 is 5.32 Å². The van der Waals surface area contributed by atoms with Gasteiger partial charge in [0, 0.05) is 59.3 Å². The predicted octanol–water partition coefficient (Wildman–Crippen LogP) is 1.68. The minimum Gasteiger partial charge on any atom is -0.357 e. The topological polar surface area (TPSA) is 51.2 Å². The summed E-state index contributed by atoms with van der Waals surface area (Å²) in [5.41, 5.74) is 1.43. The lowest BCUT2D eigenvalue weighted by molar-refractivity contribution is -0.130. The molecule has 2 aliphatic rings. The Labute approximate surface area is 169 Å². The fourth-order valence-corrected chi connectivity index (χ4v) is 4.15. The van der Waals surface area contributed by atoms with Crippen molar-refractivity contribution in [3.8, 4) is 0 Å². The molecule has 1 N–H and O–H groups in total. The first kappa shape index (κ1) is 20.6. The van der Waals surface area contributed by atoms with Crippen molar-refractivity contribution in [1.82, 2.24) is 20.0 Å². The second-order valence-electron chi connectivity index (χ2n) is 7.87. The zero-order valence-corrected chi connectivity index (χ0v) is 17.4. The van der Waals surface area contributed by atoms with E-state index in [4.69, 9.17) is 4.99 Å². The van der Waals surface area contributed by atoms with E-state index < -0.39 is 0 Å². The first-order chi connectivity index (χ1) is 13.7. The van der Waals surface area contributed by atoms with Crippen LogP contribution >= 0.6 is 0 Å². The van der Waals surface area contributed by atoms with E-state index in [1.165, 1.54) is 12.0 Å². The molecule has 0 aliphatic carbocycles. The fraction of sp³-hybridized carbons (Fsp3) is 0.636. The van der Waals surface area contributed by atoms with Crippen LogP contribution in [-0.4, -0.2) is 85.5 Å². The predicted molar refractivity (Wildman–Crippen MR) is 114 cm³/mol. The molecule has 3 rings (SSSR count). The van der Waals surface area contributed by atoms with Crippen molar-refractivity contribution in [1.29, 1.82) is 0 Å². The Kier molecular flexibility index (Phi) is 7.71. The highest BCUT2D eigenvalue weighted by Gasteiger charge is 2.25. The van der Waals surface area contributed by atoms with E-state index in [2.05, 4.69) is 52.4 Å². The van der Waals surface area contributed by atoms with Crippen molar-refractivity contribution in [2.75, 3.05) is 58.9 Å². The van der Waals surface area contributed by atoms with Crippen molar-refractivity contribution >= 4 is 11.9 Å². The number of rotatable bonds is 6. The minimum atomic E-state index is 0.186. The van der Waals surface area contributed by atoms with E-state index in [-0.39, 0.29) is 5.91 Å². The summed E-state index contributed by atoms with van der Waals surface area (Å²) in [5.74, 6) is 1.94. The average molecular weight is 386 g/mol. The van der Waals surface area contributed by atoms with Gasteiger partial charge >= 0.3 is 0 Å². The third-order valence-electron chi connectivity index (χ3n) is 5.78. The van der Waals surface area contributed by atoms with Crippen LogP contribution in [0.2, 0.25) is 0 Å². The van der Waals surface area contributed by atoms with Crippen molar-refractivity contribution in [2.45, 2.75) is 26.7 Å². The van der Waals surface area contributed by atoms with Crippen molar-refractivity contribution < 1.29 is 4.79 Å². The lowest BCUT2D eigenvalue weighted by Crippen LogP contribution is -2.48. The standard InChI is InChI=1S/C22H35N5O/c1-3-23-22(24-10-12-25-13-15-26(16-14-25)19(2)28)27-11-9-21(18-27)17-20-7-5-4-6-8-20/h4-8,21H,3,9-18H2,1-2H3,(H,23,24). The summed E-state index contributed by atoms with van der Waals surface area (Å²) in [5, 5.41) is 3.47. The molecule has 0 saturated carbocycles. The van der Waals surface area contributed by atoms with Gasteiger partial charge in [-0.2, -0.15) is 0 Å². The molecule has 6 nitrogen and oxygen atoms in total. The molecule has 0 aromatic heterocycles. The number of carbonyl (C=O) groups excluding carboxylic acids is 1. The van der Waals surface area contributed by atoms with Gasteiger partial charge in [-0.15, -0.1) is 0 Å². The van der Waals surface area contributed by atoms with E-state index in [0.717, 1.165) is 71.3 Å². The first-order valence-corrected chi connectivity index (χ1v) is 10.7. The number of hydrogen-bond acceptors (Lipinski definition) is 3. The Morgan fingerprint density at radius 2 is 1.86 bits per heavy atom. The Hall–Kier alpha value is -2.08. The zero-order chi connectivity index (χ0) is 19.8. The van der Waals surface area contributed by atoms with E-state index in [0.29, 0.717) is 5.92 Å². The van der Waals surface area contributed by atoms with Gasteiger partial charge in [0.2, 0.25) is 5.91 Å². The second-order valence-corrected chi connectivity index (χ2v) is 7.87. The van der Waals surface area contributed by atoms with Gasteiger partial charge in [0.25, 0.3) is 0 Å². The van der Waals surface area contributed by atoms with Crippen LogP contribution in [0.25, 0.3) is 0 Å². The Balaban J connectivity index is 1.46. The molecule has 6 heteroatoms. The van der Waals surface area contributed by atoms with Crippen LogP contribution in [-0.2, 0) is 11.2 Å². The largest absolute Gasteiger partial charge is 0.357 e. The molecule has 2 heterocycles. The van der Waals surface area contributed by atoms with E-state index >= 15 is 0 Å². The molecular weight excluding hydrogens is 350 g/mol. The quantitative estimate of drug-likeness (QED) is 0.598. The molecular formula is C22H35N5O. The maximum absolute atomic E-state index is 11.4. The van der Waals surface area contributed by atoms with Gasteiger partial charge in [0.15, 0.2) is 5.96 Å². The smallest absolute Gasteiger partial charge is 0.219 e. The fourth-order valence-electron chi connectivity index (χ4n) is 4.15. The number of guanidine groups is 1. The molecule has 0 spiro atoms. The number of carbonyl (C=O) groups is 1. The average Bonchev–Trinajstić information content (AvgIpc) is 3.17. The van der Waals surface area contributed by atoms with Gasteiger partial charge in [-0.05, 0) is 31.2 Å². The second kappa shape index (κ2) is 10.5. The molecule has 1 atom stereocenters. The number of hydrogen-bond donors (Lipinski definition) is 1. The maximum Gasteiger partial charge on any atom is 0.219 e. The van der Waals surface area contributed by atoms with Crippen LogP contribution in [0.4, 0.5) is 0 Å². The molecule has 2 saturated heterocycles. The summed E-state index contributed by atoms with van der Waals surface area (Å²) in [7, 11) is 0. The molecule has 0 radical (unpaired) electrons. The summed E-state index contributed by atoms with van der Waals surface area (Å²) < 4.78 is 0. The van der Waals surface area contributed by atoms with Gasteiger partial charge in [0.1, 0.15) is 0 Å². The summed E-state index contributed by atoms with van der Waals surface area (Å²) in [6, 6.07) is 10.8. The highest BCUT2D eigenvalue weighted by Crippen LogP contribution is 2.20. The zero-order valence-electron chi connectivity index (χ0n) is 17.4. The van der Waals surface area contributed by atoms with E-state index in [1.807, 2.05) is 4.90 Å². The van der Waals surface area contributed by atoms with Gasteiger partial charge in [0.05, 0.1) is 6.54 Å². The van der Waals surface area contributed by atoms with Crippen molar-refractivity contribution in [3.63, 3.8) is 0 Å². The lowest BCUT2D eigenvalue weighted by Gasteiger charge is -2.33. The maximum atomic E-state index is 11.4. The van der Waals surface area contributed by atoms with Crippen molar-refractivity contribution in [2.24, 2.45) is 10.9 Å². The SMILES string of the molecule is CCNC(=NCCN1CCN(C(C)=O)CC1)N1CCC(Cc2ccccc2)C1. The first-order valence-electron chi connectivity index (χ1n) is 10.7. The molecule has 0 bridgehead atoms. The third kappa shape index (κ3) is 5.96. The van der Waals surface area contributed by atoms with Crippen LogP contribution in [0.1, 0.15) is 25.8 Å². The van der Waals surface area contributed by atoms with Gasteiger partial charge in [-0.25, -0.2) is 0 Å². The number of piperazine rings is 1. The minimum absolute atomic E-state index is 0.186. The normalized spacial score (nSPS) is 21.2. The number of nitrogens with one attached hydrogen (secondary N) is 1. The van der Waals surface area contributed by atoms with Crippen LogP contribution in [0.15, 0.2) is 35.3 Å². The van der Waals surface area contributed by atoms with Crippen LogP contribution in [0, 0.1) is 5.92 Å². The monoisotopic (exact) mass is 385 g/mol. The molecule has 154 valence electrons. The number of aliphatic imine (C=N–C) groups is 1. The molecule has 28 heavy (non-hydrogen) atoms. The Morgan fingerprint density at radius 3 is 2.54 bits per heavy atom. The molecule has 2 fully saturated rings.